The minimum Gasteiger partial charge on any atom is -0.346 e. The van der Waals surface area contributed by atoms with Gasteiger partial charge in [-0.25, -0.2) is 8.42 Å². The summed E-state index contributed by atoms with van der Waals surface area (Å²) >= 11 is 0. The molecule has 0 saturated heterocycles. The smallest absolute Gasteiger partial charge is 0.259 e. The van der Waals surface area contributed by atoms with Crippen LogP contribution in [0.5, 0.6) is 0 Å². The standard InChI is InChI=1S/C24H22N2O4S/c1-3-26-20-15-18(23(27)25-16(2)17-9-5-4-6-10-17)13-14-22(20)31(29,30)21-12-8-7-11-19(21)24(26)28/h4-16H,3H2,1-2H3,(H,25,27)/t16-/m1/s1. The van der Waals surface area contributed by atoms with Gasteiger partial charge in [0.05, 0.1) is 27.1 Å². The first kappa shape index (κ1) is 20.8. The average Bonchev–Trinajstić information content (AvgIpc) is 2.86. The van der Waals surface area contributed by atoms with E-state index in [2.05, 4.69) is 5.32 Å². The zero-order valence-electron chi connectivity index (χ0n) is 17.2. The van der Waals surface area contributed by atoms with Crippen LogP contribution in [0.25, 0.3) is 0 Å². The Morgan fingerprint density at radius 3 is 2.35 bits per heavy atom. The molecular weight excluding hydrogens is 412 g/mol. The number of fused-ring (bicyclic) bond motifs is 2. The van der Waals surface area contributed by atoms with Crippen LogP contribution in [0.1, 0.15) is 46.2 Å². The Morgan fingerprint density at radius 1 is 0.968 bits per heavy atom. The van der Waals surface area contributed by atoms with E-state index < -0.39 is 15.7 Å². The molecule has 1 atom stereocenters. The van der Waals surface area contributed by atoms with E-state index in [0.29, 0.717) is 0 Å². The predicted molar refractivity (Wildman–Crippen MR) is 118 cm³/mol. The van der Waals surface area contributed by atoms with Gasteiger partial charge >= 0.3 is 0 Å². The number of amides is 2. The summed E-state index contributed by atoms with van der Waals surface area (Å²) in [6.45, 7) is 3.91. The number of hydrogen-bond donors (Lipinski definition) is 1. The monoisotopic (exact) mass is 434 g/mol. The van der Waals surface area contributed by atoms with Gasteiger partial charge in [0.15, 0.2) is 0 Å². The van der Waals surface area contributed by atoms with Crippen LogP contribution in [-0.2, 0) is 9.84 Å². The van der Waals surface area contributed by atoms with Crippen molar-refractivity contribution >= 4 is 27.3 Å². The molecule has 0 radical (unpaired) electrons. The van der Waals surface area contributed by atoms with E-state index in [1.165, 1.54) is 35.2 Å². The molecule has 6 nitrogen and oxygen atoms in total. The molecule has 4 rings (SSSR count). The molecule has 7 heteroatoms. The lowest BCUT2D eigenvalue weighted by Gasteiger charge is -2.22. The van der Waals surface area contributed by atoms with Crippen LogP contribution in [0, 0.1) is 0 Å². The molecule has 1 N–H and O–H groups in total. The summed E-state index contributed by atoms with van der Waals surface area (Å²) in [6.07, 6.45) is 0. The van der Waals surface area contributed by atoms with E-state index >= 15 is 0 Å². The average molecular weight is 435 g/mol. The lowest BCUT2D eigenvalue weighted by molar-refractivity contribution is 0.0937. The van der Waals surface area contributed by atoms with Gasteiger partial charge in [0, 0.05) is 12.1 Å². The van der Waals surface area contributed by atoms with Crippen LogP contribution in [0.3, 0.4) is 0 Å². The summed E-state index contributed by atoms with van der Waals surface area (Å²) in [5, 5.41) is 2.92. The predicted octanol–water partition coefficient (Wildman–Crippen LogP) is 3.99. The fourth-order valence-corrected chi connectivity index (χ4v) is 5.40. The molecule has 1 aliphatic heterocycles. The maximum Gasteiger partial charge on any atom is 0.259 e. The molecule has 3 aromatic rings. The lowest BCUT2D eigenvalue weighted by atomic mass is 10.1. The number of carbonyl (C=O) groups is 2. The maximum atomic E-state index is 13.3. The van der Waals surface area contributed by atoms with Gasteiger partial charge in [-0.05, 0) is 49.7 Å². The summed E-state index contributed by atoms with van der Waals surface area (Å²) < 4.78 is 26.6. The molecule has 0 saturated carbocycles. The highest BCUT2D eigenvalue weighted by Crippen LogP contribution is 2.37. The Morgan fingerprint density at radius 2 is 1.65 bits per heavy atom. The van der Waals surface area contributed by atoms with Crippen LogP contribution in [0.4, 0.5) is 5.69 Å². The Labute approximate surface area is 181 Å². The third-order valence-corrected chi connectivity index (χ3v) is 7.28. The Kier molecular flexibility index (Phi) is 5.37. The second-order valence-corrected chi connectivity index (χ2v) is 9.22. The van der Waals surface area contributed by atoms with Gasteiger partial charge in [0.25, 0.3) is 11.8 Å². The second-order valence-electron chi connectivity index (χ2n) is 7.34. The number of rotatable bonds is 4. The molecule has 0 bridgehead atoms. The lowest BCUT2D eigenvalue weighted by Crippen LogP contribution is -2.31. The second kappa shape index (κ2) is 8.00. The molecule has 0 spiro atoms. The number of nitrogens with one attached hydrogen (secondary N) is 1. The number of sulfone groups is 1. The van der Waals surface area contributed by atoms with Crippen molar-refractivity contribution in [3.05, 3.63) is 89.5 Å². The SMILES string of the molecule is CCN1C(=O)c2ccccc2S(=O)(=O)c2ccc(C(=O)N[C@H](C)c3ccccc3)cc21. The molecule has 0 aliphatic carbocycles. The molecule has 1 aliphatic rings. The van der Waals surface area contributed by atoms with E-state index in [1.807, 2.05) is 37.3 Å². The molecule has 0 aromatic heterocycles. The molecular formula is C24H22N2O4S. The number of anilines is 1. The van der Waals surface area contributed by atoms with Gasteiger partial charge < -0.3 is 10.2 Å². The summed E-state index contributed by atoms with van der Waals surface area (Å²) in [5.41, 5.74) is 1.58. The normalized spacial score (nSPS) is 15.4. The van der Waals surface area contributed by atoms with Crippen molar-refractivity contribution in [3.8, 4) is 0 Å². The third kappa shape index (κ3) is 3.61. The number of hydrogen-bond acceptors (Lipinski definition) is 4. The van der Waals surface area contributed by atoms with E-state index in [0.717, 1.165) is 5.56 Å². The topological polar surface area (TPSA) is 83.6 Å². The van der Waals surface area contributed by atoms with E-state index in [1.54, 1.807) is 19.1 Å². The molecule has 31 heavy (non-hydrogen) atoms. The van der Waals surface area contributed by atoms with Crippen LogP contribution in [0.2, 0.25) is 0 Å². The third-order valence-electron chi connectivity index (χ3n) is 5.42. The molecule has 0 fully saturated rings. The van der Waals surface area contributed by atoms with Crippen LogP contribution in [0.15, 0.2) is 82.6 Å². The molecule has 158 valence electrons. The maximum absolute atomic E-state index is 13.3. The highest BCUT2D eigenvalue weighted by atomic mass is 32.2. The fourth-order valence-electron chi connectivity index (χ4n) is 3.77. The van der Waals surface area contributed by atoms with Gasteiger partial charge in [-0.15, -0.1) is 0 Å². The van der Waals surface area contributed by atoms with Crippen molar-refractivity contribution in [2.24, 2.45) is 0 Å². The number of nitrogens with zero attached hydrogens (tertiary/aromatic N) is 1. The van der Waals surface area contributed by atoms with E-state index in [4.69, 9.17) is 0 Å². The first-order chi connectivity index (χ1) is 14.8. The largest absolute Gasteiger partial charge is 0.346 e. The van der Waals surface area contributed by atoms with Crippen LogP contribution in [-0.4, -0.2) is 26.8 Å². The zero-order chi connectivity index (χ0) is 22.2. The van der Waals surface area contributed by atoms with Gasteiger partial charge in [-0.2, -0.15) is 0 Å². The van der Waals surface area contributed by atoms with Crippen LogP contribution >= 0.6 is 0 Å². The Hall–Kier alpha value is -3.45. The highest BCUT2D eigenvalue weighted by Gasteiger charge is 2.35. The Balaban J connectivity index is 1.76. The first-order valence-electron chi connectivity index (χ1n) is 10.0. The summed E-state index contributed by atoms with van der Waals surface area (Å²) in [4.78, 5) is 27.4. The zero-order valence-corrected chi connectivity index (χ0v) is 18.0. The summed E-state index contributed by atoms with van der Waals surface area (Å²) in [5.74, 6) is -0.752. The van der Waals surface area contributed by atoms with E-state index in [-0.39, 0.29) is 45.1 Å². The van der Waals surface area contributed by atoms with Gasteiger partial charge in [-0.1, -0.05) is 42.5 Å². The molecule has 0 unspecified atom stereocenters. The van der Waals surface area contributed by atoms with Crippen molar-refractivity contribution in [2.45, 2.75) is 29.7 Å². The fraction of sp³-hybridized carbons (Fsp3) is 0.167. The van der Waals surface area contributed by atoms with E-state index in [9.17, 15) is 18.0 Å². The Bertz CT molecular complexity index is 1270. The molecule has 3 aromatic carbocycles. The van der Waals surface area contributed by atoms with Crippen molar-refractivity contribution in [1.29, 1.82) is 0 Å². The molecule has 2 amide bonds. The summed E-state index contributed by atoms with van der Waals surface area (Å²) in [7, 11) is -3.92. The minimum absolute atomic E-state index is 0.0142. The summed E-state index contributed by atoms with van der Waals surface area (Å²) in [6, 6.07) is 19.9. The van der Waals surface area contributed by atoms with Crippen molar-refractivity contribution in [2.75, 3.05) is 11.4 Å². The van der Waals surface area contributed by atoms with Gasteiger partial charge in [0.2, 0.25) is 9.84 Å². The number of carbonyl (C=O) groups excluding carboxylic acids is 2. The van der Waals surface area contributed by atoms with Gasteiger partial charge in [-0.3, -0.25) is 9.59 Å². The number of benzene rings is 3. The minimum atomic E-state index is -3.92. The quantitative estimate of drug-likeness (QED) is 0.673. The highest BCUT2D eigenvalue weighted by molar-refractivity contribution is 7.91. The first-order valence-corrected chi connectivity index (χ1v) is 11.5. The molecule has 1 heterocycles. The van der Waals surface area contributed by atoms with Crippen molar-refractivity contribution in [1.82, 2.24) is 5.32 Å². The van der Waals surface area contributed by atoms with Crippen molar-refractivity contribution < 1.29 is 18.0 Å². The van der Waals surface area contributed by atoms with Crippen molar-refractivity contribution in [3.63, 3.8) is 0 Å². The van der Waals surface area contributed by atoms with Crippen LogP contribution < -0.4 is 10.2 Å². The van der Waals surface area contributed by atoms with Gasteiger partial charge in [0.1, 0.15) is 0 Å².